The fourth-order valence-corrected chi connectivity index (χ4v) is 4.30. The zero-order chi connectivity index (χ0) is 20.9. The molecule has 2 aromatic heterocycles. The molecule has 0 amide bonds. The average Bonchev–Trinajstić information content (AvgIpc) is 3.15. The molecule has 2 heteroatoms. The van der Waals surface area contributed by atoms with Crippen LogP contribution in [0.25, 0.3) is 33.2 Å². The molecule has 0 N–H and O–H groups in total. The standard InChI is InChI=1S/C28H25NO/c1-18-9-12-20(13-10-18)28(3,4)21-15-16-29-24(17-21)22-14-11-19(2)26-23-7-5-6-8-25(23)30-27(22)26/h5-17H,1-4H3. The number of nitrogens with zero attached hydrogens (tertiary/aromatic N) is 1. The Labute approximate surface area is 177 Å². The number of hydrogen-bond acceptors (Lipinski definition) is 2. The van der Waals surface area contributed by atoms with E-state index in [0.717, 1.165) is 27.8 Å². The first kappa shape index (κ1) is 18.6. The summed E-state index contributed by atoms with van der Waals surface area (Å²) in [5.41, 5.74) is 8.71. The number of aryl methyl sites for hydroxylation is 2. The van der Waals surface area contributed by atoms with E-state index in [1.807, 2.05) is 18.3 Å². The number of fused-ring (bicyclic) bond motifs is 3. The predicted molar refractivity (Wildman–Crippen MR) is 125 cm³/mol. The molecule has 0 saturated carbocycles. The van der Waals surface area contributed by atoms with Gasteiger partial charge in [0.2, 0.25) is 0 Å². The van der Waals surface area contributed by atoms with Gasteiger partial charge in [0.1, 0.15) is 11.2 Å². The van der Waals surface area contributed by atoms with Gasteiger partial charge in [0, 0.05) is 27.9 Å². The van der Waals surface area contributed by atoms with Crippen LogP contribution >= 0.6 is 0 Å². The van der Waals surface area contributed by atoms with Crippen molar-refractivity contribution in [2.45, 2.75) is 33.1 Å². The van der Waals surface area contributed by atoms with Gasteiger partial charge in [-0.15, -0.1) is 0 Å². The van der Waals surface area contributed by atoms with Crippen LogP contribution in [0.4, 0.5) is 0 Å². The lowest BCUT2D eigenvalue weighted by atomic mass is 9.78. The van der Waals surface area contributed by atoms with E-state index in [-0.39, 0.29) is 5.41 Å². The summed E-state index contributed by atoms with van der Waals surface area (Å²) >= 11 is 0. The van der Waals surface area contributed by atoms with Crippen LogP contribution in [0, 0.1) is 13.8 Å². The predicted octanol–water partition coefficient (Wildman–Crippen LogP) is 7.59. The molecule has 0 saturated heterocycles. The lowest BCUT2D eigenvalue weighted by Gasteiger charge is -2.26. The maximum Gasteiger partial charge on any atom is 0.145 e. The number of aromatic nitrogens is 1. The van der Waals surface area contributed by atoms with E-state index in [1.165, 1.54) is 27.6 Å². The van der Waals surface area contributed by atoms with Crippen molar-refractivity contribution < 1.29 is 4.42 Å². The number of furan rings is 1. The van der Waals surface area contributed by atoms with E-state index < -0.39 is 0 Å². The lowest BCUT2D eigenvalue weighted by molar-refractivity contribution is 0.639. The quantitative estimate of drug-likeness (QED) is 0.317. The fraction of sp³-hybridized carbons (Fsp3) is 0.179. The molecule has 3 aromatic carbocycles. The van der Waals surface area contributed by atoms with Crippen molar-refractivity contribution >= 4 is 21.9 Å². The molecular weight excluding hydrogens is 366 g/mol. The summed E-state index contributed by atoms with van der Waals surface area (Å²) in [6.07, 6.45) is 1.91. The van der Waals surface area contributed by atoms with Gasteiger partial charge < -0.3 is 4.42 Å². The Morgan fingerprint density at radius 2 is 1.57 bits per heavy atom. The summed E-state index contributed by atoms with van der Waals surface area (Å²) in [7, 11) is 0. The highest BCUT2D eigenvalue weighted by atomic mass is 16.3. The molecule has 0 bridgehead atoms. The van der Waals surface area contributed by atoms with E-state index in [2.05, 4.69) is 88.4 Å². The number of pyridine rings is 1. The van der Waals surface area contributed by atoms with Crippen molar-refractivity contribution in [3.63, 3.8) is 0 Å². The fourth-order valence-electron chi connectivity index (χ4n) is 4.30. The summed E-state index contributed by atoms with van der Waals surface area (Å²) in [5, 5.41) is 2.33. The molecule has 0 aliphatic carbocycles. The monoisotopic (exact) mass is 391 g/mol. The Kier molecular flexibility index (Phi) is 4.25. The summed E-state index contributed by atoms with van der Waals surface area (Å²) in [5.74, 6) is 0. The van der Waals surface area contributed by atoms with Crippen LogP contribution in [0.5, 0.6) is 0 Å². The average molecular weight is 392 g/mol. The first-order valence-electron chi connectivity index (χ1n) is 10.4. The van der Waals surface area contributed by atoms with Gasteiger partial charge in [0.25, 0.3) is 0 Å². The summed E-state index contributed by atoms with van der Waals surface area (Å²) in [6.45, 7) is 8.79. The van der Waals surface area contributed by atoms with Crippen molar-refractivity contribution in [1.82, 2.24) is 4.98 Å². The van der Waals surface area contributed by atoms with Gasteiger partial charge in [-0.1, -0.05) is 67.9 Å². The van der Waals surface area contributed by atoms with Crippen LogP contribution in [0.1, 0.15) is 36.1 Å². The van der Waals surface area contributed by atoms with Gasteiger partial charge >= 0.3 is 0 Å². The summed E-state index contributed by atoms with van der Waals surface area (Å²) in [6, 6.07) is 25.7. The topological polar surface area (TPSA) is 26.0 Å². The minimum absolute atomic E-state index is 0.122. The van der Waals surface area contributed by atoms with Crippen LogP contribution in [0.15, 0.2) is 83.4 Å². The molecule has 2 nitrogen and oxygen atoms in total. The van der Waals surface area contributed by atoms with Crippen LogP contribution in [0.3, 0.4) is 0 Å². The number of hydrogen-bond donors (Lipinski definition) is 0. The van der Waals surface area contributed by atoms with Crippen LogP contribution in [-0.2, 0) is 5.41 Å². The molecule has 30 heavy (non-hydrogen) atoms. The van der Waals surface area contributed by atoms with Gasteiger partial charge in [-0.3, -0.25) is 4.98 Å². The van der Waals surface area contributed by atoms with Crippen molar-refractivity contribution in [2.24, 2.45) is 0 Å². The van der Waals surface area contributed by atoms with Gasteiger partial charge in [0.05, 0.1) is 5.69 Å². The molecule has 2 heterocycles. The van der Waals surface area contributed by atoms with E-state index >= 15 is 0 Å². The van der Waals surface area contributed by atoms with Gasteiger partial charge in [-0.05, 0) is 54.8 Å². The Balaban J connectivity index is 1.68. The van der Waals surface area contributed by atoms with Crippen LogP contribution in [-0.4, -0.2) is 4.98 Å². The van der Waals surface area contributed by atoms with Crippen molar-refractivity contribution in [2.75, 3.05) is 0 Å². The molecule has 148 valence electrons. The molecule has 5 aromatic rings. The second kappa shape index (κ2) is 6.84. The number of benzene rings is 3. The lowest BCUT2D eigenvalue weighted by Crippen LogP contribution is -2.19. The largest absolute Gasteiger partial charge is 0.455 e. The highest BCUT2D eigenvalue weighted by molar-refractivity contribution is 6.10. The molecule has 0 spiro atoms. The van der Waals surface area contributed by atoms with Crippen LogP contribution < -0.4 is 0 Å². The minimum Gasteiger partial charge on any atom is -0.455 e. The Bertz CT molecular complexity index is 1370. The molecule has 0 unspecified atom stereocenters. The van der Waals surface area contributed by atoms with Crippen molar-refractivity contribution in [1.29, 1.82) is 0 Å². The third kappa shape index (κ3) is 2.91. The molecule has 5 rings (SSSR count). The Morgan fingerprint density at radius 3 is 2.37 bits per heavy atom. The molecule has 0 atom stereocenters. The Morgan fingerprint density at radius 1 is 0.800 bits per heavy atom. The van der Waals surface area contributed by atoms with Crippen molar-refractivity contribution in [3.05, 3.63) is 101 Å². The molecule has 0 fully saturated rings. The third-order valence-corrected chi connectivity index (χ3v) is 6.27. The van der Waals surface area contributed by atoms with E-state index in [0.29, 0.717) is 0 Å². The van der Waals surface area contributed by atoms with Crippen LogP contribution in [0.2, 0.25) is 0 Å². The molecule has 0 aliphatic heterocycles. The normalized spacial score (nSPS) is 12.0. The molecular formula is C28H25NO. The van der Waals surface area contributed by atoms with E-state index in [4.69, 9.17) is 9.40 Å². The summed E-state index contributed by atoms with van der Waals surface area (Å²) < 4.78 is 6.30. The second-order valence-electron chi connectivity index (χ2n) is 8.65. The van der Waals surface area contributed by atoms with E-state index in [9.17, 15) is 0 Å². The van der Waals surface area contributed by atoms with Crippen molar-refractivity contribution in [3.8, 4) is 11.3 Å². The maximum atomic E-state index is 6.30. The molecule has 0 aliphatic rings. The Hall–Kier alpha value is -3.39. The maximum absolute atomic E-state index is 6.30. The van der Waals surface area contributed by atoms with E-state index in [1.54, 1.807) is 0 Å². The van der Waals surface area contributed by atoms with Gasteiger partial charge in [0.15, 0.2) is 0 Å². The smallest absolute Gasteiger partial charge is 0.145 e. The number of para-hydroxylation sites is 1. The first-order chi connectivity index (χ1) is 14.4. The number of rotatable bonds is 3. The highest BCUT2D eigenvalue weighted by Crippen LogP contribution is 2.39. The third-order valence-electron chi connectivity index (χ3n) is 6.27. The SMILES string of the molecule is Cc1ccc(C(C)(C)c2ccnc(-c3ccc(C)c4c3oc3ccccc34)c2)cc1. The zero-order valence-corrected chi connectivity index (χ0v) is 17.9. The van der Waals surface area contributed by atoms with Gasteiger partial charge in [-0.25, -0.2) is 0 Å². The molecule has 0 radical (unpaired) electrons. The second-order valence-corrected chi connectivity index (χ2v) is 8.65. The summed E-state index contributed by atoms with van der Waals surface area (Å²) in [4.78, 5) is 4.72. The highest BCUT2D eigenvalue weighted by Gasteiger charge is 2.24. The zero-order valence-electron chi connectivity index (χ0n) is 17.9. The first-order valence-corrected chi connectivity index (χ1v) is 10.4. The van der Waals surface area contributed by atoms with Gasteiger partial charge in [-0.2, -0.15) is 0 Å². The minimum atomic E-state index is -0.122.